The largest absolute Gasteiger partial charge is 0.355 e. The minimum absolute atomic E-state index is 0.914. The van der Waals surface area contributed by atoms with Crippen molar-refractivity contribution >= 4 is 11.4 Å². The van der Waals surface area contributed by atoms with Gasteiger partial charge in [-0.3, -0.25) is 0 Å². The molecule has 0 radical (unpaired) electrons. The van der Waals surface area contributed by atoms with Crippen molar-refractivity contribution in [2.24, 2.45) is 14.1 Å². The minimum atomic E-state index is 0.914. The van der Waals surface area contributed by atoms with E-state index in [9.17, 15) is 0 Å². The van der Waals surface area contributed by atoms with Crippen molar-refractivity contribution in [3.05, 3.63) is 49.6 Å². The van der Waals surface area contributed by atoms with E-state index in [0.29, 0.717) is 0 Å². The third-order valence-corrected chi connectivity index (χ3v) is 4.41. The summed E-state index contributed by atoms with van der Waals surface area (Å²) >= 11 is 0. The Morgan fingerprint density at radius 3 is 1.52 bits per heavy atom. The molecule has 0 N–H and O–H groups in total. The zero-order valence-corrected chi connectivity index (χ0v) is 14.0. The van der Waals surface area contributed by atoms with Gasteiger partial charge >= 0.3 is 0 Å². The van der Waals surface area contributed by atoms with E-state index in [1.54, 1.807) is 0 Å². The van der Waals surface area contributed by atoms with Crippen LogP contribution in [-0.4, -0.2) is 29.9 Å². The summed E-state index contributed by atoms with van der Waals surface area (Å²) in [6, 6.07) is 4.54. The Bertz CT molecular complexity index is 804. The molecule has 6 nitrogen and oxygen atoms in total. The minimum Gasteiger partial charge on any atom is -0.355 e. The molecule has 0 unspecified atom stereocenters. The third kappa shape index (κ3) is 2.18. The van der Waals surface area contributed by atoms with Crippen LogP contribution in [0.3, 0.4) is 0 Å². The van der Waals surface area contributed by atoms with Gasteiger partial charge in [-0.15, -0.1) is 0 Å². The SMILES string of the molecule is CN1CN(C)c2cc(-n3cc[n+](C)c3)c(-n3cc[n+](C)c3)cc21. The lowest BCUT2D eigenvalue weighted by Crippen LogP contribution is -2.24. The van der Waals surface area contributed by atoms with E-state index in [1.807, 2.05) is 14.1 Å². The van der Waals surface area contributed by atoms with Gasteiger partial charge < -0.3 is 9.80 Å². The van der Waals surface area contributed by atoms with Crippen molar-refractivity contribution in [3.8, 4) is 11.4 Å². The topological polar surface area (TPSA) is 24.1 Å². The highest BCUT2D eigenvalue weighted by molar-refractivity contribution is 5.81. The van der Waals surface area contributed by atoms with Crippen LogP contribution in [0, 0.1) is 0 Å². The lowest BCUT2D eigenvalue weighted by molar-refractivity contribution is -0.670. The smallest absolute Gasteiger partial charge is 0.248 e. The van der Waals surface area contributed by atoms with Gasteiger partial charge in [0, 0.05) is 26.2 Å². The fraction of sp³-hybridized carbons (Fsp3) is 0.294. The number of aromatic nitrogens is 4. The van der Waals surface area contributed by atoms with Gasteiger partial charge in [-0.1, -0.05) is 0 Å². The molecule has 1 aliphatic rings. The molecule has 1 aromatic carbocycles. The van der Waals surface area contributed by atoms with E-state index in [2.05, 4.69) is 91.7 Å². The molecular formula is C17H22N6+2. The van der Waals surface area contributed by atoms with Crippen LogP contribution in [0.15, 0.2) is 49.6 Å². The summed E-state index contributed by atoms with van der Waals surface area (Å²) in [5, 5.41) is 0. The molecule has 3 heterocycles. The van der Waals surface area contributed by atoms with E-state index in [1.165, 1.54) is 22.7 Å². The Morgan fingerprint density at radius 2 is 1.17 bits per heavy atom. The predicted octanol–water partition coefficient (Wildman–Crippen LogP) is 0.760. The summed E-state index contributed by atoms with van der Waals surface area (Å²) in [4.78, 5) is 4.56. The van der Waals surface area contributed by atoms with Crippen LogP contribution in [0.5, 0.6) is 0 Å². The standard InChI is InChI=1S/C17H22N6/c1-18-5-7-22(11-18)16-9-14-15(21(4)13-20(14)3)10-17(16)23-8-6-19(2)12-23/h5-12H,13H2,1-4H3/q+2. The van der Waals surface area contributed by atoms with E-state index >= 15 is 0 Å². The van der Waals surface area contributed by atoms with Crippen molar-refractivity contribution < 1.29 is 9.13 Å². The molecular weight excluding hydrogens is 288 g/mol. The zero-order valence-electron chi connectivity index (χ0n) is 14.0. The Labute approximate surface area is 136 Å². The van der Waals surface area contributed by atoms with E-state index in [4.69, 9.17) is 0 Å². The molecule has 0 spiro atoms. The number of hydrogen-bond donors (Lipinski definition) is 0. The lowest BCUT2D eigenvalue weighted by atomic mass is 10.2. The quantitative estimate of drug-likeness (QED) is 0.653. The number of fused-ring (bicyclic) bond motifs is 1. The predicted molar refractivity (Wildman–Crippen MR) is 89.1 cm³/mol. The van der Waals surface area contributed by atoms with Crippen LogP contribution in [0.2, 0.25) is 0 Å². The Hall–Kier alpha value is -2.76. The van der Waals surface area contributed by atoms with Crippen LogP contribution < -0.4 is 18.9 Å². The van der Waals surface area contributed by atoms with Gasteiger partial charge in [0.15, 0.2) is 11.4 Å². The van der Waals surface area contributed by atoms with E-state index in [-0.39, 0.29) is 0 Å². The van der Waals surface area contributed by atoms with Crippen LogP contribution >= 0.6 is 0 Å². The average molecular weight is 310 g/mol. The summed E-state index contributed by atoms with van der Waals surface area (Å²) in [5.41, 5.74) is 4.86. The molecule has 118 valence electrons. The van der Waals surface area contributed by atoms with Crippen LogP contribution in [0.1, 0.15) is 0 Å². The number of rotatable bonds is 2. The Morgan fingerprint density at radius 1 is 0.739 bits per heavy atom. The molecule has 23 heavy (non-hydrogen) atoms. The molecule has 0 fully saturated rings. The fourth-order valence-electron chi connectivity index (χ4n) is 3.24. The third-order valence-electron chi connectivity index (χ3n) is 4.41. The molecule has 0 saturated heterocycles. The fourth-order valence-corrected chi connectivity index (χ4v) is 3.24. The first-order valence-electron chi connectivity index (χ1n) is 7.70. The van der Waals surface area contributed by atoms with Crippen molar-refractivity contribution in [1.82, 2.24) is 9.13 Å². The molecule has 0 bridgehead atoms. The summed E-state index contributed by atoms with van der Waals surface area (Å²) in [7, 11) is 8.35. The first kappa shape index (κ1) is 13.9. The maximum absolute atomic E-state index is 2.28. The maximum atomic E-state index is 2.28. The van der Waals surface area contributed by atoms with Crippen molar-refractivity contribution in [2.75, 3.05) is 30.6 Å². The van der Waals surface area contributed by atoms with Crippen molar-refractivity contribution in [2.45, 2.75) is 0 Å². The first-order chi connectivity index (χ1) is 11.0. The van der Waals surface area contributed by atoms with E-state index < -0.39 is 0 Å². The Balaban J connectivity index is 1.97. The molecule has 0 aliphatic carbocycles. The highest BCUT2D eigenvalue weighted by atomic mass is 15.4. The van der Waals surface area contributed by atoms with Crippen LogP contribution in [-0.2, 0) is 14.1 Å². The van der Waals surface area contributed by atoms with Gasteiger partial charge in [0.2, 0.25) is 12.7 Å². The number of benzene rings is 1. The highest BCUT2D eigenvalue weighted by Crippen LogP contribution is 2.38. The number of anilines is 2. The second-order valence-electron chi connectivity index (χ2n) is 6.34. The van der Waals surface area contributed by atoms with Crippen LogP contribution in [0.25, 0.3) is 11.4 Å². The number of nitrogens with zero attached hydrogens (tertiary/aromatic N) is 6. The van der Waals surface area contributed by atoms with Gasteiger partial charge in [0.25, 0.3) is 0 Å². The second-order valence-corrected chi connectivity index (χ2v) is 6.34. The number of hydrogen-bond acceptors (Lipinski definition) is 2. The van der Waals surface area contributed by atoms with Crippen molar-refractivity contribution in [3.63, 3.8) is 0 Å². The van der Waals surface area contributed by atoms with Gasteiger partial charge in [0.05, 0.1) is 32.1 Å². The monoisotopic (exact) mass is 310 g/mol. The summed E-state index contributed by atoms with van der Waals surface area (Å²) < 4.78 is 8.45. The molecule has 3 aromatic rings. The normalized spacial score (nSPS) is 13.7. The van der Waals surface area contributed by atoms with E-state index in [0.717, 1.165) is 6.67 Å². The summed E-state index contributed by atoms with van der Waals surface area (Å²) in [6.45, 7) is 0.914. The summed E-state index contributed by atoms with van der Waals surface area (Å²) in [6.07, 6.45) is 12.5. The zero-order chi connectivity index (χ0) is 16.1. The van der Waals surface area contributed by atoms with Gasteiger partial charge in [-0.2, -0.15) is 9.13 Å². The molecule has 4 rings (SSSR count). The van der Waals surface area contributed by atoms with Crippen molar-refractivity contribution in [1.29, 1.82) is 0 Å². The highest BCUT2D eigenvalue weighted by Gasteiger charge is 2.27. The molecule has 0 amide bonds. The Kier molecular flexibility index (Phi) is 2.94. The average Bonchev–Trinajstić information content (AvgIpc) is 3.20. The van der Waals surface area contributed by atoms with Gasteiger partial charge in [0.1, 0.15) is 24.8 Å². The molecule has 1 aliphatic heterocycles. The first-order valence-corrected chi connectivity index (χ1v) is 7.70. The second kappa shape index (κ2) is 4.87. The lowest BCUT2D eigenvalue weighted by Gasteiger charge is -2.11. The number of aryl methyl sites for hydroxylation is 2. The molecule has 2 aromatic heterocycles. The maximum Gasteiger partial charge on any atom is 0.248 e. The molecule has 6 heteroatoms. The van der Waals surface area contributed by atoms with Gasteiger partial charge in [-0.05, 0) is 0 Å². The molecule has 0 atom stereocenters. The van der Waals surface area contributed by atoms with Crippen LogP contribution in [0.4, 0.5) is 11.4 Å². The summed E-state index contributed by atoms with van der Waals surface area (Å²) in [5.74, 6) is 0. The number of imidazole rings is 2. The molecule has 0 saturated carbocycles. The van der Waals surface area contributed by atoms with Gasteiger partial charge in [-0.25, -0.2) is 9.13 Å².